The quantitative estimate of drug-likeness (QED) is 0.668. The molecule has 5 nitrogen and oxygen atoms in total. The number of halogens is 3. The van der Waals surface area contributed by atoms with E-state index in [2.05, 4.69) is 24.0 Å². The van der Waals surface area contributed by atoms with Gasteiger partial charge >= 0.3 is 6.03 Å². The summed E-state index contributed by atoms with van der Waals surface area (Å²) >= 11 is 17.9. The number of likely N-dealkylation sites (tertiary alicyclic amines) is 1. The van der Waals surface area contributed by atoms with Gasteiger partial charge in [-0.3, -0.25) is 0 Å². The highest BCUT2D eigenvalue weighted by Gasteiger charge is 2.36. The SMILES string of the molecule is CN(CCC1(C)CCN(C(=O)n2cc(Cl)cn2)C1)Cc1ccc(Cl)c(Cl)c1. The van der Waals surface area contributed by atoms with Gasteiger partial charge in [0.15, 0.2) is 0 Å². The molecule has 2 heterocycles. The van der Waals surface area contributed by atoms with E-state index in [1.54, 1.807) is 6.20 Å². The van der Waals surface area contributed by atoms with E-state index in [9.17, 15) is 4.79 Å². The maximum atomic E-state index is 12.5. The first kappa shape index (κ1) is 20.5. The molecule has 1 saturated heterocycles. The molecule has 2 aromatic rings. The Hall–Kier alpha value is -1.27. The van der Waals surface area contributed by atoms with Crippen LogP contribution >= 0.6 is 34.8 Å². The zero-order valence-corrected chi connectivity index (χ0v) is 17.7. The van der Waals surface area contributed by atoms with Crippen molar-refractivity contribution in [3.05, 3.63) is 51.2 Å². The van der Waals surface area contributed by atoms with Gasteiger partial charge in [0.05, 0.1) is 27.5 Å². The molecule has 8 heteroatoms. The Balaban J connectivity index is 1.51. The van der Waals surface area contributed by atoms with Crippen molar-refractivity contribution >= 4 is 40.8 Å². The molecule has 0 bridgehead atoms. The molecular weight excluding hydrogens is 407 g/mol. The second kappa shape index (κ2) is 8.39. The molecule has 146 valence electrons. The standard InChI is InChI=1S/C19H23Cl3N4O/c1-19(5-7-24(2)11-14-3-4-16(21)17(22)9-14)6-8-25(13-19)18(27)26-12-15(20)10-23-26/h3-4,9-10,12H,5-8,11,13H2,1-2H3. The van der Waals surface area contributed by atoms with Crippen molar-refractivity contribution in [1.82, 2.24) is 19.6 Å². The van der Waals surface area contributed by atoms with Crippen LogP contribution in [0.3, 0.4) is 0 Å². The zero-order chi connectivity index (χ0) is 19.6. The van der Waals surface area contributed by atoms with Gasteiger partial charge in [0.1, 0.15) is 0 Å². The molecule has 0 radical (unpaired) electrons. The third-order valence-corrected chi connectivity index (χ3v) is 6.04. The first-order chi connectivity index (χ1) is 12.8. The number of hydrogen-bond acceptors (Lipinski definition) is 3. The lowest BCUT2D eigenvalue weighted by atomic mass is 9.86. The lowest BCUT2D eigenvalue weighted by Crippen LogP contribution is -2.35. The molecule has 1 aliphatic heterocycles. The van der Waals surface area contributed by atoms with E-state index >= 15 is 0 Å². The van der Waals surface area contributed by atoms with E-state index in [1.807, 2.05) is 23.1 Å². The fourth-order valence-electron chi connectivity index (χ4n) is 3.43. The molecule has 1 fully saturated rings. The third kappa shape index (κ3) is 5.17. The van der Waals surface area contributed by atoms with Crippen LogP contribution in [0.15, 0.2) is 30.6 Å². The summed E-state index contributed by atoms with van der Waals surface area (Å²) in [6.45, 7) is 5.45. The average Bonchev–Trinajstić information content (AvgIpc) is 3.23. The number of nitrogens with zero attached hydrogens (tertiary/aromatic N) is 4. The first-order valence-corrected chi connectivity index (χ1v) is 10.0. The molecule has 0 N–H and O–H groups in total. The summed E-state index contributed by atoms with van der Waals surface area (Å²) in [5.41, 5.74) is 1.23. The molecule has 0 spiro atoms. The number of aromatic nitrogens is 2. The van der Waals surface area contributed by atoms with Crippen LogP contribution in [0.1, 0.15) is 25.3 Å². The second-order valence-corrected chi connectivity index (χ2v) is 8.85. The predicted octanol–water partition coefficient (Wildman–Crippen LogP) is 5.05. The second-order valence-electron chi connectivity index (χ2n) is 7.60. The Bertz CT molecular complexity index is 825. The highest BCUT2D eigenvalue weighted by molar-refractivity contribution is 6.42. The number of carbonyl (C=O) groups excluding carboxylic acids is 1. The number of hydrogen-bond donors (Lipinski definition) is 0. The van der Waals surface area contributed by atoms with Crippen LogP contribution in [0.5, 0.6) is 0 Å². The van der Waals surface area contributed by atoms with Crippen LogP contribution in [0.2, 0.25) is 15.1 Å². The van der Waals surface area contributed by atoms with Crippen LogP contribution in [0.25, 0.3) is 0 Å². The Morgan fingerprint density at radius 2 is 2.07 bits per heavy atom. The average molecular weight is 430 g/mol. The van der Waals surface area contributed by atoms with Gasteiger partial charge in [-0.2, -0.15) is 9.78 Å². The Morgan fingerprint density at radius 3 is 2.74 bits per heavy atom. The predicted molar refractivity (Wildman–Crippen MR) is 110 cm³/mol. The summed E-state index contributed by atoms with van der Waals surface area (Å²) in [5, 5.41) is 5.63. The molecule has 3 rings (SSSR count). The summed E-state index contributed by atoms with van der Waals surface area (Å²) in [7, 11) is 2.09. The van der Waals surface area contributed by atoms with Crippen molar-refractivity contribution in [2.75, 3.05) is 26.7 Å². The largest absolute Gasteiger partial charge is 0.344 e. The normalized spacial score (nSPS) is 19.9. The highest BCUT2D eigenvalue weighted by atomic mass is 35.5. The minimum absolute atomic E-state index is 0.0957. The number of amides is 1. The number of carbonyl (C=O) groups is 1. The van der Waals surface area contributed by atoms with Gasteiger partial charge in [-0.15, -0.1) is 0 Å². The Labute approximate surface area is 174 Å². The van der Waals surface area contributed by atoms with Crippen molar-refractivity contribution in [3.8, 4) is 0 Å². The van der Waals surface area contributed by atoms with Gasteiger partial charge in [0.25, 0.3) is 0 Å². The van der Waals surface area contributed by atoms with Crippen molar-refractivity contribution in [2.45, 2.75) is 26.3 Å². The lowest BCUT2D eigenvalue weighted by Gasteiger charge is -2.27. The Morgan fingerprint density at radius 1 is 1.30 bits per heavy atom. The van der Waals surface area contributed by atoms with Crippen molar-refractivity contribution < 1.29 is 4.79 Å². The summed E-state index contributed by atoms with van der Waals surface area (Å²) in [6.07, 6.45) is 5.01. The van der Waals surface area contributed by atoms with Crippen LogP contribution in [-0.4, -0.2) is 52.3 Å². The van der Waals surface area contributed by atoms with Gasteiger partial charge in [-0.25, -0.2) is 4.79 Å². The maximum absolute atomic E-state index is 12.5. The van der Waals surface area contributed by atoms with E-state index < -0.39 is 0 Å². The first-order valence-electron chi connectivity index (χ1n) is 8.88. The van der Waals surface area contributed by atoms with Gasteiger partial charge < -0.3 is 9.80 Å². The monoisotopic (exact) mass is 428 g/mol. The van der Waals surface area contributed by atoms with E-state index in [0.717, 1.165) is 44.6 Å². The summed E-state index contributed by atoms with van der Waals surface area (Å²) < 4.78 is 1.31. The Kier molecular flexibility index (Phi) is 6.36. The summed E-state index contributed by atoms with van der Waals surface area (Å²) in [6, 6.07) is 5.62. The molecule has 0 saturated carbocycles. The van der Waals surface area contributed by atoms with Crippen molar-refractivity contribution in [2.24, 2.45) is 5.41 Å². The van der Waals surface area contributed by atoms with Crippen LogP contribution in [-0.2, 0) is 6.54 Å². The smallest absolute Gasteiger partial charge is 0.322 e. The van der Waals surface area contributed by atoms with Crippen molar-refractivity contribution in [1.29, 1.82) is 0 Å². The zero-order valence-electron chi connectivity index (χ0n) is 15.5. The van der Waals surface area contributed by atoms with Gasteiger partial charge in [0.2, 0.25) is 0 Å². The molecule has 1 amide bonds. The molecule has 1 aromatic heterocycles. The highest BCUT2D eigenvalue weighted by Crippen LogP contribution is 2.34. The molecule has 27 heavy (non-hydrogen) atoms. The van der Waals surface area contributed by atoms with Gasteiger partial charge in [-0.1, -0.05) is 47.8 Å². The topological polar surface area (TPSA) is 41.4 Å². The summed E-state index contributed by atoms with van der Waals surface area (Å²) in [4.78, 5) is 16.6. The fraction of sp³-hybridized carbons (Fsp3) is 0.474. The van der Waals surface area contributed by atoms with E-state index in [4.69, 9.17) is 34.8 Å². The summed E-state index contributed by atoms with van der Waals surface area (Å²) in [5.74, 6) is 0. The number of benzene rings is 1. The maximum Gasteiger partial charge on any atom is 0.344 e. The molecule has 0 aliphatic carbocycles. The minimum atomic E-state index is -0.116. The van der Waals surface area contributed by atoms with Crippen LogP contribution in [0.4, 0.5) is 4.79 Å². The van der Waals surface area contributed by atoms with Gasteiger partial charge in [0, 0.05) is 19.6 Å². The third-order valence-electron chi connectivity index (χ3n) is 5.11. The molecule has 1 atom stereocenters. The lowest BCUT2D eigenvalue weighted by molar-refractivity contribution is 0.192. The molecule has 1 aliphatic rings. The molecular formula is C19H23Cl3N4O. The van der Waals surface area contributed by atoms with Gasteiger partial charge in [-0.05, 0) is 49.5 Å². The molecule has 1 aromatic carbocycles. The number of rotatable bonds is 5. The van der Waals surface area contributed by atoms with E-state index in [1.165, 1.54) is 10.9 Å². The van der Waals surface area contributed by atoms with Crippen LogP contribution in [0, 0.1) is 5.41 Å². The van der Waals surface area contributed by atoms with E-state index in [0.29, 0.717) is 15.1 Å². The fourth-order valence-corrected chi connectivity index (χ4v) is 3.89. The van der Waals surface area contributed by atoms with Crippen molar-refractivity contribution in [3.63, 3.8) is 0 Å². The molecule has 1 unspecified atom stereocenters. The minimum Gasteiger partial charge on any atom is -0.322 e. The van der Waals surface area contributed by atoms with E-state index in [-0.39, 0.29) is 11.4 Å². The van der Waals surface area contributed by atoms with Crippen LogP contribution < -0.4 is 0 Å².